The number of benzene rings is 3. The summed E-state index contributed by atoms with van der Waals surface area (Å²) in [5, 5.41) is 25.0. The first-order valence-electron chi connectivity index (χ1n) is 11.2. The number of alkyl carbamates (subject to hydrolysis) is 1. The Balaban J connectivity index is 1.64. The van der Waals surface area contributed by atoms with Crippen molar-refractivity contribution < 1.29 is 24.4 Å². The van der Waals surface area contributed by atoms with Crippen LogP contribution in [0, 0.1) is 0 Å². The van der Waals surface area contributed by atoms with Crippen LogP contribution in [0.2, 0.25) is 0 Å². The van der Waals surface area contributed by atoms with Crippen LogP contribution in [0.3, 0.4) is 0 Å². The Hall–Kier alpha value is -3.62. The summed E-state index contributed by atoms with van der Waals surface area (Å²) in [6.07, 6.45) is 0.369. The number of ether oxygens (including phenoxy) is 1. The van der Waals surface area contributed by atoms with Gasteiger partial charge in [0.2, 0.25) is 5.91 Å². The predicted octanol–water partition coefficient (Wildman–Crippen LogP) is 2.65. The van der Waals surface area contributed by atoms with Gasteiger partial charge >= 0.3 is 13.2 Å². The van der Waals surface area contributed by atoms with Crippen molar-refractivity contribution in [1.82, 2.24) is 10.6 Å². The minimum atomic E-state index is -1.76. The van der Waals surface area contributed by atoms with Gasteiger partial charge in [-0.3, -0.25) is 4.79 Å². The quantitative estimate of drug-likeness (QED) is 0.329. The van der Waals surface area contributed by atoms with Crippen LogP contribution >= 0.6 is 0 Å². The minimum absolute atomic E-state index is 0.0751. The van der Waals surface area contributed by atoms with Gasteiger partial charge in [-0.15, -0.1) is 0 Å². The number of rotatable bonds is 11. The van der Waals surface area contributed by atoms with Crippen molar-refractivity contribution in [3.63, 3.8) is 0 Å². The predicted molar refractivity (Wildman–Crippen MR) is 131 cm³/mol. The molecule has 0 aliphatic carbocycles. The Morgan fingerprint density at radius 2 is 1.29 bits per heavy atom. The second-order valence-corrected chi connectivity index (χ2v) is 8.00. The zero-order chi connectivity index (χ0) is 24.2. The molecule has 3 aromatic carbocycles. The molecule has 8 heteroatoms. The smallest absolute Gasteiger partial charge is 0.445 e. The second-order valence-electron chi connectivity index (χ2n) is 8.00. The van der Waals surface area contributed by atoms with E-state index in [2.05, 4.69) is 10.6 Å². The van der Waals surface area contributed by atoms with Crippen LogP contribution in [0.15, 0.2) is 91.0 Å². The molecular formula is C26H29BN2O5. The molecule has 7 nitrogen and oxygen atoms in total. The average molecular weight is 460 g/mol. The molecule has 4 N–H and O–H groups in total. The average Bonchev–Trinajstić information content (AvgIpc) is 2.86. The van der Waals surface area contributed by atoms with Crippen LogP contribution in [0.4, 0.5) is 4.79 Å². The van der Waals surface area contributed by atoms with Gasteiger partial charge < -0.3 is 25.4 Å². The highest BCUT2D eigenvalue weighted by Gasteiger charge is 2.29. The lowest BCUT2D eigenvalue weighted by Gasteiger charge is -2.23. The first-order chi connectivity index (χ1) is 16.5. The third-order valence-corrected chi connectivity index (χ3v) is 5.37. The molecule has 0 spiro atoms. The SMILES string of the molecule is O=C(NC(CCc1ccccc1)C(=O)NC(Cc1ccccc1)B(O)O)OCc1ccccc1. The Morgan fingerprint density at radius 1 is 0.765 bits per heavy atom. The molecule has 0 aromatic heterocycles. The Bertz CT molecular complexity index is 1020. The van der Waals surface area contributed by atoms with Crippen LogP contribution in [-0.4, -0.2) is 41.1 Å². The van der Waals surface area contributed by atoms with Crippen molar-refractivity contribution in [3.05, 3.63) is 108 Å². The van der Waals surface area contributed by atoms with Gasteiger partial charge in [0.15, 0.2) is 0 Å². The summed E-state index contributed by atoms with van der Waals surface area (Å²) in [5.41, 5.74) is 2.69. The van der Waals surface area contributed by atoms with Gasteiger partial charge in [-0.1, -0.05) is 91.0 Å². The maximum absolute atomic E-state index is 13.1. The molecule has 2 unspecified atom stereocenters. The first kappa shape index (κ1) is 25.0. The number of hydrogen-bond acceptors (Lipinski definition) is 5. The minimum Gasteiger partial charge on any atom is -0.445 e. The normalized spacial score (nSPS) is 12.3. The molecule has 0 bridgehead atoms. The molecule has 176 valence electrons. The number of nitrogens with one attached hydrogen (secondary N) is 2. The van der Waals surface area contributed by atoms with Crippen molar-refractivity contribution in [2.75, 3.05) is 0 Å². The zero-order valence-corrected chi connectivity index (χ0v) is 18.8. The molecule has 3 rings (SSSR count). The van der Waals surface area contributed by atoms with Gasteiger partial charge in [-0.25, -0.2) is 4.79 Å². The van der Waals surface area contributed by atoms with Gasteiger partial charge in [-0.05, 0) is 36.0 Å². The van der Waals surface area contributed by atoms with E-state index in [0.29, 0.717) is 12.8 Å². The number of amides is 2. The van der Waals surface area contributed by atoms with Crippen LogP contribution in [0.1, 0.15) is 23.1 Å². The standard InChI is InChI=1S/C26H29BN2O5/c30-25(29-24(27(32)33)18-21-12-6-2-7-13-21)23(17-16-20-10-4-1-5-11-20)28-26(31)34-19-22-14-8-3-9-15-22/h1-15,23-24,32-33H,16-19H2,(H,28,31)(H,29,30). The summed E-state index contributed by atoms with van der Waals surface area (Å²) >= 11 is 0. The first-order valence-corrected chi connectivity index (χ1v) is 11.2. The molecule has 34 heavy (non-hydrogen) atoms. The van der Waals surface area contributed by atoms with Crippen LogP contribution in [0.5, 0.6) is 0 Å². The Labute approximate surface area is 199 Å². The van der Waals surface area contributed by atoms with Crippen LogP contribution in [0.25, 0.3) is 0 Å². The highest BCUT2D eigenvalue weighted by Crippen LogP contribution is 2.09. The van der Waals surface area contributed by atoms with E-state index in [1.807, 2.05) is 91.0 Å². The highest BCUT2D eigenvalue weighted by atomic mass is 16.5. The largest absolute Gasteiger partial charge is 0.475 e. The van der Waals surface area contributed by atoms with Gasteiger partial charge in [0.25, 0.3) is 0 Å². The number of hydrogen-bond donors (Lipinski definition) is 4. The molecule has 0 saturated heterocycles. The van der Waals surface area contributed by atoms with Crippen molar-refractivity contribution in [3.8, 4) is 0 Å². The molecule has 2 amide bonds. The molecular weight excluding hydrogens is 431 g/mol. The summed E-state index contributed by atoms with van der Waals surface area (Å²) < 4.78 is 5.28. The molecule has 0 heterocycles. The Kier molecular flexibility index (Phi) is 9.70. The van der Waals surface area contributed by atoms with Gasteiger partial charge in [0.05, 0.1) is 5.94 Å². The van der Waals surface area contributed by atoms with E-state index < -0.39 is 31.1 Å². The summed E-state index contributed by atoms with van der Waals surface area (Å²) in [4.78, 5) is 25.5. The molecule has 3 aromatic rings. The number of carbonyl (C=O) groups is 2. The fourth-order valence-electron chi connectivity index (χ4n) is 3.51. The second kappa shape index (κ2) is 13.2. The monoisotopic (exact) mass is 460 g/mol. The lowest BCUT2D eigenvalue weighted by molar-refractivity contribution is -0.123. The van der Waals surface area contributed by atoms with Crippen molar-refractivity contribution in [2.24, 2.45) is 0 Å². The number of carbonyl (C=O) groups excluding carboxylic acids is 2. The summed E-state index contributed by atoms with van der Waals surface area (Å²) in [5.74, 6) is -1.45. The van der Waals surface area contributed by atoms with Gasteiger partial charge in [0, 0.05) is 0 Å². The topological polar surface area (TPSA) is 108 Å². The molecule has 0 aliphatic rings. The maximum Gasteiger partial charge on any atom is 0.475 e. The molecule has 0 aliphatic heterocycles. The lowest BCUT2D eigenvalue weighted by Crippen LogP contribution is -2.54. The summed E-state index contributed by atoms with van der Waals surface area (Å²) in [6.45, 7) is 0.0751. The third kappa shape index (κ3) is 8.39. The van der Waals surface area contributed by atoms with E-state index in [1.165, 1.54) is 0 Å². The van der Waals surface area contributed by atoms with E-state index in [9.17, 15) is 19.6 Å². The van der Waals surface area contributed by atoms with Crippen molar-refractivity contribution in [2.45, 2.75) is 37.9 Å². The number of aryl methyl sites for hydroxylation is 1. The van der Waals surface area contributed by atoms with Crippen molar-refractivity contribution in [1.29, 1.82) is 0 Å². The summed E-state index contributed by atoms with van der Waals surface area (Å²) in [7, 11) is -1.76. The van der Waals surface area contributed by atoms with E-state index in [-0.39, 0.29) is 13.0 Å². The highest BCUT2D eigenvalue weighted by molar-refractivity contribution is 6.43. The summed E-state index contributed by atoms with van der Waals surface area (Å²) in [6, 6.07) is 27.1. The molecule has 0 fully saturated rings. The Morgan fingerprint density at radius 3 is 1.85 bits per heavy atom. The van der Waals surface area contributed by atoms with E-state index in [4.69, 9.17) is 4.74 Å². The van der Waals surface area contributed by atoms with E-state index >= 15 is 0 Å². The van der Waals surface area contributed by atoms with Gasteiger partial charge in [0.1, 0.15) is 12.6 Å². The van der Waals surface area contributed by atoms with Crippen LogP contribution < -0.4 is 10.6 Å². The van der Waals surface area contributed by atoms with Crippen molar-refractivity contribution >= 4 is 19.1 Å². The zero-order valence-electron chi connectivity index (χ0n) is 18.8. The van der Waals surface area contributed by atoms with Crippen LogP contribution in [-0.2, 0) is 29.0 Å². The third-order valence-electron chi connectivity index (χ3n) is 5.37. The lowest BCUT2D eigenvalue weighted by atomic mass is 9.75. The fraction of sp³-hybridized carbons (Fsp3) is 0.231. The molecule has 2 atom stereocenters. The molecule has 0 radical (unpaired) electrons. The van der Waals surface area contributed by atoms with E-state index in [0.717, 1.165) is 16.7 Å². The molecule has 0 saturated carbocycles. The fourth-order valence-corrected chi connectivity index (χ4v) is 3.51. The maximum atomic E-state index is 13.1. The van der Waals surface area contributed by atoms with E-state index in [1.54, 1.807) is 0 Å². The van der Waals surface area contributed by atoms with Gasteiger partial charge in [-0.2, -0.15) is 0 Å².